The number of ether oxygens (including phenoxy) is 1. The predicted octanol–water partition coefficient (Wildman–Crippen LogP) is 2.03. The Balaban J connectivity index is 3.85. The molecule has 0 aliphatic heterocycles. The molecule has 0 saturated carbocycles. The maximum Gasteiger partial charge on any atom is 0.407 e. The molecule has 0 atom stereocenters. The van der Waals surface area contributed by atoms with Gasteiger partial charge in [-0.15, -0.1) is 0 Å². The molecule has 0 spiro atoms. The Hall–Kier alpha value is -1.51. The zero-order valence-electron chi connectivity index (χ0n) is 7.88. The van der Waals surface area contributed by atoms with Crippen LogP contribution in [0, 0.1) is 0 Å². The number of rotatable bonds is 5. The number of allylic oxidation sites excluding steroid dienone is 2. The third kappa shape index (κ3) is 5.73. The Morgan fingerprint density at radius 3 is 2.69 bits per heavy atom. The summed E-state index contributed by atoms with van der Waals surface area (Å²) in [7, 11) is 0. The topological polar surface area (TPSA) is 38.3 Å². The van der Waals surface area contributed by atoms with Crippen LogP contribution in [0.2, 0.25) is 0 Å². The average molecular weight is 181 g/mol. The Bertz CT molecular complexity index is 219. The van der Waals surface area contributed by atoms with Gasteiger partial charge in [0.1, 0.15) is 0 Å². The lowest BCUT2D eigenvalue weighted by Gasteiger charge is -2.04. The van der Waals surface area contributed by atoms with Gasteiger partial charge in [0.25, 0.3) is 0 Å². The number of hydrogen-bond acceptors (Lipinski definition) is 2. The van der Waals surface area contributed by atoms with Gasteiger partial charge in [-0.25, -0.2) is 4.79 Å². The highest BCUT2D eigenvalue weighted by atomic mass is 16.5. The molecule has 1 amide bonds. The van der Waals surface area contributed by atoms with Gasteiger partial charge >= 0.3 is 6.09 Å². The molecule has 1 N–H and O–H groups in total. The highest BCUT2D eigenvalue weighted by Gasteiger charge is 1.98. The van der Waals surface area contributed by atoms with Gasteiger partial charge in [-0.3, -0.25) is 0 Å². The standard InChI is InChI=1S/C10H15NO2/c1-4-7-9(5-2)8-11-10(12)13-6-3/h4-5,7H,1-2,6,8H2,3H3,(H,11,12)/b9-7+. The summed E-state index contributed by atoms with van der Waals surface area (Å²) in [5.41, 5.74) is 0.892. The van der Waals surface area contributed by atoms with E-state index in [1.54, 1.807) is 25.2 Å². The first kappa shape index (κ1) is 11.5. The molecule has 72 valence electrons. The Morgan fingerprint density at radius 1 is 1.54 bits per heavy atom. The molecule has 13 heavy (non-hydrogen) atoms. The molecule has 0 bridgehead atoms. The number of alkyl carbamates (subject to hydrolysis) is 1. The summed E-state index contributed by atoms with van der Waals surface area (Å²) >= 11 is 0. The monoisotopic (exact) mass is 181 g/mol. The van der Waals surface area contributed by atoms with E-state index in [1.807, 2.05) is 0 Å². The summed E-state index contributed by atoms with van der Waals surface area (Å²) in [5.74, 6) is 0. The van der Waals surface area contributed by atoms with Gasteiger partial charge < -0.3 is 10.1 Å². The normalized spacial score (nSPS) is 10.4. The van der Waals surface area contributed by atoms with Crippen LogP contribution in [0.3, 0.4) is 0 Å². The molecule has 0 rings (SSSR count). The molecule has 0 radical (unpaired) electrons. The number of nitrogens with one attached hydrogen (secondary N) is 1. The Morgan fingerprint density at radius 2 is 2.23 bits per heavy atom. The molecule has 0 aromatic heterocycles. The third-order valence-corrected chi connectivity index (χ3v) is 1.31. The minimum absolute atomic E-state index is 0.375. The lowest BCUT2D eigenvalue weighted by molar-refractivity contribution is 0.153. The van der Waals surface area contributed by atoms with Crippen LogP contribution in [0.1, 0.15) is 6.92 Å². The number of hydrogen-bond donors (Lipinski definition) is 1. The van der Waals surface area contributed by atoms with Crippen molar-refractivity contribution in [1.29, 1.82) is 0 Å². The highest BCUT2D eigenvalue weighted by molar-refractivity contribution is 5.67. The van der Waals surface area contributed by atoms with Crippen molar-refractivity contribution in [3.63, 3.8) is 0 Å². The highest BCUT2D eigenvalue weighted by Crippen LogP contribution is 1.93. The van der Waals surface area contributed by atoms with Crippen molar-refractivity contribution in [2.45, 2.75) is 6.92 Å². The molecule has 0 saturated heterocycles. The second-order valence-electron chi connectivity index (χ2n) is 2.26. The molecule has 3 heteroatoms. The summed E-state index contributed by atoms with van der Waals surface area (Å²) in [6.45, 7) is 9.68. The molecule has 0 aromatic carbocycles. The van der Waals surface area contributed by atoms with Crippen LogP contribution in [-0.4, -0.2) is 19.2 Å². The zero-order valence-corrected chi connectivity index (χ0v) is 7.88. The number of amides is 1. The van der Waals surface area contributed by atoms with Crippen LogP contribution in [0.15, 0.2) is 37.0 Å². The summed E-state index contributed by atoms with van der Waals surface area (Å²) in [4.78, 5) is 10.8. The van der Waals surface area contributed by atoms with Crippen LogP contribution in [0.25, 0.3) is 0 Å². The van der Waals surface area contributed by atoms with Gasteiger partial charge in [-0.2, -0.15) is 0 Å². The molecule has 0 fully saturated rings. The molecule has 0 heterocycles. The molecule has 0 aromatic rings. The van der Waals surface area contributed by atoms with Crippen LogP contribution < -0.4 is 5.32 Å². The molecule has 0 aliphatic rings. The van der Waals surface area contributed by atoms with Crippen molar-refractivity contribution in [1.82, 2.24) is 5.32 Å². The largest absolute Gasteiger partial charge is 0.450 e. The quantitative estimate of drug-likeness (QED) is 0.659. The van der Waals surface area contributed by atoms with Gasteiger partial charge in [0.05, 0.1) is 6.61 Å². The summed E-state index contributed by atoms with van der Waals surface area (Å²) < 4.78 is 4.68. The van der Waals surface area contributed by atoms with Crippen LogP contribution in [0.4, 0.5) is 4.79 Å². The fourth-order valence-corrected chi connectivity index (χ4v) is 0.707. The average Bonchev–Trinajstić information content (AvgIpc) is 2.12. The molecule has 0 aliphatic carbocycles. The second kappa shape index (κ2) is 7.16. The van der Waals surface area contributed by atoms with E-state index in [2.05, 4.69) is 23.2 Å². The van der Waals surface area contributed by atoms with Gasteiger partial charge in [-0.05, 0) is 12.5 Å². The fourth-order valence-electron chi connectivity index (χ4n) is 0.707. The van der Waals surface area contributed by atoms with Crippen LogP contribution in [0.5, 0.6) is 0 Å². The Kier molecular flexibility index (Phi) is 6.32. The summed E-state index contributed by atoms with van der Waals surface area (Å²) in [6.07, 6.45) is 4.66. The second-order valence-corrected chi connectivity index (χ2v) is 2.26. The maximum absolute atomic E-state index is 10.8. The molecular weight excluding hydrogens is 166 g/mol. The molecular formula is C10H15NO2. The van der Waals surface area contributed by atoms with Gasteiger partial charge in [0.2, 0.25) is 0 Å². The van der Waals surface area contributed by atoms with Crippen LogP contribution in [-0.2, 0) is 4.74 Å². The van der Waals surface area contributed by atoms with E-state index in [-0.39, 0.29) is 0 Å². The van der Waals surface area contributed by atoms with E-state index >= 15 is 0 Å². The molecule has 0 unspecified atom stereocenters. The van der Waals surface area contributed by atoms with Crippen molar-refractivity contribution in [2.24, 2.45) is 0 Å². The van der Waals surface area contributed by atoms with Gasteiger partial charge in [0, 0.05) is 6.54 Å². The zero-order chi connectivity index (χ0) is 10.1. The van der Waals surface area contributed by atoms with E-state index in [0.29, 0.717) is 13.2 Å². The minimum atomic E-state index is -0.417. The first-order valence-corrected chi connectivity index (χ1v) is 4.09. The number of carbonyl (C=O) groups excluding carboxylic acids is 1. The first-order chi connectivity index (χ1) is 6.24. The van der Waals surface area contributed by atoms with Crippen molar-refractivity contribution in [2.75, 3.05) is 13.2 Å². The SMILES string of the molecule is C=C/C=C(\C=C)CNC(=O)OCC. The number of carbonyl (C=O) groups is 1. The lowest BCUT2D eigenvalue weighted by Crippen LogP contribution is -2.25. The van der Waals surface area contributed by atoms with E-state index in [4.69, 9.17) is 0 Å². The van der Waals surface area contributed by atoms with Gasteiger partial charge in [-0.1, -0.05) is 31.4 Å². The first-order valence-electron chi connectivity index (χ1n) is 4.09. The molecule has 3 nitrogen and oxygen atoms in total. The van der Waals surface area contributed by atoms with E-state index in [9.17, 15) is 4.79 Å². The minimum Gasteiger partial charge on any atom is -0.450 e. The van der Waals surface area contributed by atoms with E-state index < -0.39 is 6.09 Å². The van der Waals surface area contributed by atoms with Crippen molar-refractivity contribution < 1.29 is 9.53 Å². The van der Waals surface area contributed by atoms with Crippen molar-refractivity contribution >= 4 is 6.09 Å². The van der Waals surface area contributed by atoms with Crippen molar-refractivity contribution in [3.8, 4) is 0 Å². The third-order valence-electron chi connectivity index (χ3n) is 1.31. The van der Waals surface area contributed by atoms with Gasteiger partial charge in [0.15, 0.2) is 0 Å². The van der Waals surface area contributed by atoms with E-state index in [1.165, 1.54) is 0 Å². The van der Waals surface area contributed by atoms with Crippen LogP contribution >= 0.6 is 0 Å². The predicted molar refractivity (Wildman–Crippen MR) is 53.5 cm³/mol. The lowest BCUT2D eigenvalue weighted by atomic mass is 10.2. The van der Waals surface area contributed by atoms with E-state index in [0.717, 1.165) is 5.57 Å². The fraction of sp³-hybridized carbons (Fsp3) is 0.300. The maximum atomic E-state index is 10.8. The smallest absolute Gasteiger partial charge is 0.407 e. The Labute approximate surface area is 78.8 Å². The van der Waals surface area contributed by atoms with Crippen molar-refractivity contribution in [3.05, 3.63) is 37.0 Å². The summed E-state index contributed by atoms with van der Waals surface area (Å²) in [5, 5.41) is 2.57. The summed E-state index contributed by atoms with van der Waals surface area (Å²) in [6, 6.07) is 0.